The van der Waals surface area contributed by atoms with Gasteiger partial charge in [-0.2, -0.15) is 0 Å². The summed E-state index contributed by atoms with van der Waals surface area (Å²) in [5, 5.41) is 42.6. The van der Waals surface area contributed by atoms with Crippen molar-refractivity contribution in [2.75, 3.05) is 0 Å². The molecule has 0 amide bonds. The molecule has 4 nitrogen and oxygen atoms in total. The Morgan fingerprint density at radius 2 is 0.619 bits per heavy atom. The maximum atomic E-state index is 10.7. The van der Waals surface area contributed by atoms with Gasteiger partial charge >= 0.3 is 0 Å². The predicted molar refractivity (Wildman–Crippen MR) is 218 cm³/mol. The highest BCUT2D eigenvalue weighted by molar-refractivity contribution is 14.1. The summed E-state index contributed by atoms with van der Waals surface area (Å²) in [5.74, 6) is 1.24. The fraction of sp³-hybridized carbons (Fsp3) is 0.250. The number of hydrogen-bond acceptors (Lipinski definition) is 4. The summed E-state index contributed by atoms with van der Waals surface area (Å²) in [6.07, 6.45) is 3.31. The van der Waals surface area contributed by atoms with Crippen molar-refractivity contribution in [2.24, 2.45) is 0 Å². The zero-order valence-corrected chi connectivity index (χ0v) is 35.4. The lowest BCUT2D eigenvalue weighted by Crippen LogP contribution is -2.41. The van der Waals surface area contributed by atoms with Crippen LogP contribution in [0.2, 0.25) is 0 Å². The third kappa shape index (κ3) is 6.00. The molecule has 1 aliphatic rings. The quantitative estimate of drug-likeness (QED) is 0.154. The van der Waals surface area contributed by atoms with E-state index < -0.39 is 0 Å². The molecule has 5 rings (SSSR count). The van der Waals surface area contributed by atoms with Crippen LogP contribution in [0.5, 0.6) is 23.0 Å². The summed E-state index contributed by atoms with van der Waals surface area (Å²) in [7, 11) is 0. The molecule has 0 aliphatic heterocycles. The van der Waals surface area contributed by atoms with E-state index in [1.165, 1.54) is 11.1 Å². The molecule has 4 aromatic carbocycles. The third-order valence-electron chi connectivity index (χ3n) is 8.71. The Morgan fingerprint density at radius 1 is 0.405 bits per heavy atom. The van der Waals surface area contributed by atoms with Gasteiger partial charge in [-0.15, -0.1) is 0 Å². The molecule has 4 N–H and O–H groups in total. The van der Waals surface area contributed by atoms with Crippen LogP contribution in [0.1, 0.15) is 59.1 Å². The van der Waals surface area contributed by atoms with Crippen LogP contribution >= 0.6 is 136 Å². The molecule has 4 aromatic rings. The van der Waals surface area contributed by atoms with Gasteiger partial charge in [0.2, 0.25) is 0 Å². The first-order valence-electron chi connectivity index (χ1n) is 13.1. The lowest BCUT2D eigenvalue weighted by atomic mass is 9.55. The molecule has 0 unspecified atom stereocenters. The fourth-order valence-electron chi connectivity index (χ4n) is 6.30. The van der Waals surface area contributed by atoms with Gasteiger partial charge in [-0.25, -0.2) is 0 Å². The molecule has 0 spiro atoms. The lowest BCUT2D eigenvalue weighted by Gasteiger charge is -2.48. The van der Waals surface area contributed by atoms with Gasteiger partial charge in [-0.3, -0.25) is 0 Å². The van der Waals surface area contributed by atoms with E-state index >= 15 is 0 Å². The van der Waals surface area contributed by atoms with Crippen molar-refractivity contribution in [3.05, 3.63) is 103 Å². The molecule has 1 fully saturated rings. The van der Waals surface area contributed by atoms with Crippen LogP contribution in [-0.4, -0.2) is 20.4 Å². The molecule has 0 radical (unpaired) electrons. The molecule has 1 saturated carbocycles. The van der Waals surface area contributed by atoms with E-state index in [9.17, 15) is 20.4 Å². The van der Waals surface area contributed by atoms with E-state index in [4.69, 9.17) is 0 Å². The van der Waals surface area contributed by atoms with Crippen LogP contribution in [-0.2, 0) is 10.8 Å². The number of aryl methyl sites for hydroxylation is 2. The monoisotopic (exact) mass is 1240 g/mol. The van der Waals surface area contributed by atoms with E-state index in [1.54, 1.807) is 0 Å². The van der Waals surface area contributed by atoms with Gasteiger partial charge in [0.05, 0.1) is 21.4 Å². The molecular formula is C32H26I6O4. The van der Waals surface area contributed by atoms with Gasteiger partial charge < -0.3 is 20.4 Å². The predicted octanol–water partition coefficient (Wildman–Crippen LogP) is 10.6. The molecule has 0 aromatic heterocycles. The van der Waals surface area contributed by atoms with E-state index in [-0.39, 0.29) is 10.8 Å². The van der Waals surface area contributed by atoms with Crippen molar-refractivity contribution >= 4 is 136 Å². The number of phenols is 4. The summed E-state index contributed by atoms with van der Waals surface area (Å²) in [6, 6.07) is 16.9. The first-order valence-corrected chi connectivity index (χ1v) is 19.5. The van der Waals surface area contributed by atoms with Crippen LogP contribution in [0, 0.1) is 35.3 Å². The molecule has 220 valence electrons. The smallest absolute Gasteiger partial charge is 0.142 e. The van der Waals surface area contributed by atoms with Gasteiger partial charge in [0, 0.05) is 10.8 Å². The van der Waals surface area contributed by atoms with Gasteiger partial charge in [-0.1, -0.05) is 12.1 Å². The second-order valence-corrected chi connectivity index (χ2v) is 18.0. The minimum atomic E-state index is -0.341. The van der Waals surface area contributed by atoms with Crippen molar-refractivity contribution in [1.29, 1.82) is 0 Å². The summed E-state index contributed by atoms with van der Waals surface area (Å²) in [4.78, 5) is 0. The van der Waals surface area contributed by atoms with E-state index in [0.29, 0.717) is 23.0 Å². The van der Waals surface area contributed by atoms with Crippen molar-refractivity contribution in [3.8, 4) is 23.0 Å². The zero-order valence-electron chi connectivity index (χ0n) is 22.5. The first-order chi connectivity index (χ1) is 19.7. The average Bonchev–Trinajstić information content (AvgIpc) is 2.95. The van der Waals surface area contributed by atoms with E-state index in [1.807, 2.05) is 13.8 Å². The molecule has 0 saturated heterocycles. The summed E-state index contributed by atoms with van der Waals surface area (Å²) in [5.41, 5.74) is 5.67. The maximum Gasteiger partial charge on any atom is 0.142 e. The number of hydrogen-bond donors (Lipinski definition) is 4. The Morgan fingerprint density at radius 3 is 0.857 bits per heavy atom. The number of aromatic hydroxyl groups is 4. The molecule has 0 atom stereocenters. The average molecular weight is 1240 g/mol. The van der Waals surface area contributed by atoms with Crippen LogP contribution in [0.25, 0.3) is 0 Å². The summed E-state index contributed by atoms with van der Waals surface area (Å²) >= 11 is 13.3. The highest BCUT2D eigenvalue weighted by Gasteiger charge is 2.47. The topological polar surface area (TPSA) is 80.9 Å². The molecule has 0 heterocycles. The van der Waals surface area contributed by atoms with Crippen molar-refractivity contribution in [2.45, 2.75) is 50.4 Å². The highest BCUT2D eigenvalue weighted by Crippen LogP contribution is 2.56. The van der Waals surface area contributed by atoms with Gasteiger partial charge in [0.25, 0.3) is 0 Å². The summed E-state index contributed by atoms with van der Waals surface area (Å²) in [6.45, 7) is 3.90. The van der Waals surface area contributed by atoms with Gasteiger partial charge in [-0.05, 0) is 245 Å². The van der Waals surface area contributed by atoms with Crippen molar-refractivity contribution in [1.82, 2.24) is 0 Å². The minimum Gasteiger partial charge on any atom is -0.507 e. The summed E-state index contributed by atoms with van der Waals surface area (Å²) < 4.78 is 4.94. The van der Waals surface area contributed by atoms with Crippen LogP contribution in [0.3, 0.4) is 0 Å². The van der Waals surface area contributed by atoms with Crippen molar-refractivity contribution < 1.29 is 20.4 Å². The third-order valence-corrected chi connectivity index (χ3v) is 13.6. The standard InChI is InChI=1S/C32H26I6O4/c1-15-7-17(9-21(33)27(15)39)31(19-11-23(35)29(41)24(36)12-19)3-5-32(6-4-31,18-8-16(2)28(40)22(34)10-18)20-13-25(37)30(42)26(38)14-20/h7-14,39-42H,3-6H2,1-2H3. The van der Waals surface area contributed by atoms with E-state index in [2.05, 4.69) is 184 Å². The highest BCUT2D eigenvalue weighted by atomic mass is 127. The second-order valence-electron chi connectivity index (χ2n) is 11.0. The molecule has 1 aliphatic carbocycles. The Bertz CT molecular complexity index is 1390. The van der Waals surface area contributed by atoms with Gasteiger partial charge in [0.1, 0.15) is 23.0 Å². The molecule has 10 heteroatoms. The number of halogens is 6. The normalized spacial score (nSPS) is 20.6. The Balaban J connectivity index is 1.75. The Hall–Kier alpha value is 0.460. The first kappa shape index (κ1) is 33.8. The molecule has 0 bridgehead atoms. The van der Waals surface area contributed by atoms with Crippen LogP contribution in [0.15, 0.2) is 48.5 Å². The number of phenolic OH excluding ortho intramolecular Hbond substituents is 4. The maximum absolute atomic E-state index is 10.7. The minimum absolute atomic E-state index is 0.305. The van der Waals surface area contributed by atoms with E-state index in [0.717, 1.165) is 69.4 Å². The van der Waals surface area contributed by atoms with Gasteiger partial charge in [0.15, 0.2) is 0 Å². The zero-order chi connectivity index (χ0) is 30.7. The van der Waals surface area contributed by atoms with Crippen LogP contribution < -0.4 is 0 Å². The molecular weight excluding hydrogens is 1210 g/mol. The lowest BCUT2D eigenvalue weighted by molar-refractivity contribution is 0.255. The fourth-order valence-corrected chi connectivity index (χ4v) is 11.4. The van der Waals surface area contributed by atoms with Crippen LogP contribution in [0.4, 0.5) is 0 Å². The second kappa shape index (κ2) is 12.9. The van der Waals surface area contributed by atoms with Crippen molar-refractivity contribution in [3.63, 3.8) is 0 Å². The Kier molecular flexibility index (Phi) is 10.4. The number of rotatable bonds is 4. The SMILES string of the molecule is Cc1cc(C2(c3cc(I)c(O)c(I)c3)CCC(c3cc(C)c(O)c(I)c3)(c3cc(I)c(O)c(I)c3)CC2)cc(I)c1O. The Labute approximate surface area is 327 Å². The largest absolute Gasteiger partial charge is 0.507 e. The molecule has 42 heavy (non-hydrogen) atoms. The number of benzene rings is 4.